The lowest BCUT2D eigenvalue weighted by Gasteiger charge is -2.17. The number of rotatable bonds is 8. The standard InChI is InChI=1S/C16H21N3O4/c1-3-19(7-8-20)16(21)15-9-12(17-18-15)11-23-14-6-4-5-13(10-14)22-2/h4-6,9-10,20H,3,7-8,11H2,1-2H3,(H,17,18). The SMILES string of the molecule is CCN(CCO)C(=O)c1cc(COc2cccc(OC)c2)[nH]n1. The van der Waals surface area contributed by atoms with Crippen molar-refractivity contribution in [2.24, 2.45) is 0 Å². The first-order chi connectivity index (χ1) is 11.2. The summed E-state index contributed by atoms with van der Waals surface area (Å²) >= 11 is 0. The highest BCUT2D eigenvalue weighted by atomic mass is 16.5. The number of aromatic amines is 1. The van der Waals surface area contributed by atoms with E-state index in [0.717, 1.165) is 0 Å². The largest absolute Gasteiger partial charge is 0.497 e. The van der Waals surface area contributed by atoms with E-state index in [-0.39, 0.29) is 25.7 Å². The van der Waals surface area contributed by atoms with E-state index in [1.54, 1.807) is 19.2 Å². The van der Waals surface area contributed by atoms with Crippen LogP contribution in [0.4, 0.5) is 0 Å². The zero-order valence-corrected chi connectivity index (χ0v) is 13.3. The number of aliphatic hydroxyl groups excluding tert-OH is 1. The van der Waals surface area contributed by atoms with Gasteiger partial charge in [-0.25, -0.2) is 0 Å². The summed E-state index contributed by atoms with van der Waals surface area (Å²) in [6.45, 7) is 2.85. The predicted octanol–water partition coefficient (Wildman–Crippen LogP) is 1.45. The molecule has 0 spiro atoms. The minimum absolute atomic E-state index is 0.0736. The van der Waals surface area contributed by atoms with Crippen molar-refractivity contribution >= 4 is 5.91 Å². The molecule has 0 bridgehead atoms. The third kappa shape index (κ3) is 4.46. The maximum atomic E-state index is 12.2. The number of carbonyl (C=O) groups excluding carboxylic acids is 1. The molecule has 7 nitrogen and oxygen atoms in total. The summed E-state index contributed by atoms with van der Waals surface area (Å²) < 4.78 is 10.8. The van der Waals surface area contributed by atoms with Gasteiger partial charge in [-0.1, -0.05) is 6.07 Å². The van der Waals surface area contributed by atoms with Gasteiger partial charge in [-0.2, -0.15) is 5.10 Å². The Labute approximate surface area is 134 Å². The van der Waals surface area contributed by atoms with Crippen LogP contribution in [-0.4, -0.2) is 52.9 Å². The van der Waals surface area contributed by atoms with E-state index in [1.165, 1.54) is 4.90 Å². The van der Waals surface area contributed by atoms with Crippen LogP contribution in [0.15, 0.2) is 30.3 Å². The topological polar surface area (TPSA) is 87.7 Å². The predicted molar refractivity (Wildman–Crippen MR) is 84.6 cm³/mol. The van der Waals surface area contributed by atoms with Crippen molar-refractivity contribution in [3.05, 3.63) is 41.7 Å². The summed E-state index contributed by atoms with van der Waals surface area (Å²) in [7, 11) is 1.59. The van der Waals surface area contributed by atoms with Gasteiger partial charge in [0.25, 0.3) is 5.91 Å². The molecule has 1 aromatic heterocycles. The molecule has 0 unspecified atom stereocenters. The van der Waals surface area contributed by atoms with E-state index in [1.807, 2.05) is 25.1 Å². The van der Waals surface area contributed by atoms with Crippen LogP contribution in [0.25, 0.3) is 0 Å². The molecule has 0 aliphatic heterocycles. The van der Waals surface area contributed by atoms with Crippen LogP contribution in [0.2, 0.25) is 0 Å². The number of aliphatic hydroxyl groups is 1. The minimum Gasteiger partial charge on any atom is -0.497 e. The second-order valence-corrected chi connectivity index (χ2v) is 4.85. The van der Waals surface area contributed by atoms with Gasteiger partial charge in [-0.15, -0.1) is 0 Å². The number of nitrogens with zero attached hydrogens (tertiary/aromatic N) is 2. The van der Waals surface area contributed by atoms with Gasteiger partial charge in [-0.05, 0) is 25.1 Å². The number of nitrogens with one attached hydrogen (secondary N) is 1. The fourth-order valence-corrected chi connectivity index (χ4v) is 2.08. The summed E-state index contributed by atoms with van der Waals surface area (Å²) in [5.41, 5.74) is 1.00. The number of methoxy groups -OCH3 is 1. The molecular formula is C16H21N3O4. The molecular weight excluding hydrogens is 298 g/mol. The number of hydrogen-bond donors (Lipinski definition) is 2. The van der Waals surface area contributed by atoms with Crippen LogP contribution in [0.3, 0.4) is 0 Å². The molecule has 2 aromatic rings. The van der Waals surface area contributed by atoms with Crippen LogP contribution in [0.5, 0.6) is 11.5 Å². The lowest BCUT2D eigenvalue weighted by Crippen LogP contribution is -2.33. The first kappa shape index (κ1) is 16.8. The Hall–Kier alpha value is -2.54. The normalized spacial score (nSPS) is 10.4. The van der Waals surface area contributed by atoms with Crippen molar-refractivity contribution in [3.63, 3.8) is 0 Å². The first-order valence-electron chi connectivity index (χ1n) is 7.39. The van der Waals surface area contributed by atoms with Crippen molar-refractivity contribution in [2.45, 2.75) is 13.5 Å². The summed E-state index contributed by atoms with van der Waals surface area (Å²) in [6, 6.07) is 8.93. The first-order valence-corrected chi connectivity index (χ1v) is 7.39. The number of likely N-dealkylation sites (N-methyl/N-ethyl adjacent to an activating group) is 1. The maximum Gasteiger partial charge on any atom is 0.274 e. The number of amides is 1. The molecule has 1 heterocycles. The van der Waals surface area contributed by atoms with E-state index in [0.29, 0.717) is 29.4 Å². The number of aromatic nitrogens is 2. The van der Waals surface area contributed by atoms with Gasteiger partial charge in [-0.3, -0.25) is 9.89 Å². The Bertz CT molecular complexity index is 642. The molecule has 0 saturated carbocycles. The van der Waals surface area contributed by atoms with Crippen molar-refractivity contribution in [2.75, 3.05) is 26.8 Å². The molecule has 0 aliphatic rings. The highest BCUT2D eigenvalue weighted by Crippen LogP contribution is 2.19. The molecule has 0 radical (unpaired) electrons. The van der Waals surface area contributed by atoms with Crippen molar-refractivity contribution in [1.29, 1.82) is 0 Å². The second kappa shape index (κ2) is 8.19. The minimum atomic E-state index is -0.217. The zero-order chi connectivity index (χ0) is 16.7. The number of ether oxygens (including phenoxy) is 2. The lowest BCUT2D eigenvalue weighted by molar-refractivity contribution is 0.0726. The lowest BCUT2D eigenvalue weighted by atomic mass is 10.3. The number of hydrogen-bond acceptors (Lipinski definition) is 5. The van der Waals surface area contributed by atoms with Crippen LogP contribution in [-0.2, 0) is 6.61 Å². The summed E-state index contributed by atoms with van der Waals surface area (Å²) in [5.74, 6) is 1.17. The monoisotopic (exact) mass is 319 g/mol. The second-order valence-electron chi connectivity index (χ2n) is 4.85. The molecule has 7 heteroatoms. The Balaban J connectivity index is 1.97. The quantitative estimate of drug-likeness (QED) is 0.769. The van der Waals surface area contributed by atoms with Crippen molar-refractivity contribution in [3.8, 4) is 11.5 Å². The van der Waals surface area contributed by atoms with Crippen LogP contribution < -0.4 is 9.47 Å². The highest BCUT2D eigenvalue weighted by Gasteiger charge is 2.17. The number of carbonyl (C=O) groups is 1. The fraction of sp³-hybridized carbons (Fsp3) is 0.375. The van der Waals surface area contributed by atoms with Crippen LogP contribution >= 0.6 is 0 Å². The molecule has 1 aromatic carbocycles. The molecule has 0 aliphatic carbocycles. The van der Waals surface area contributed by atoms with E-state index < -0.39 is 0 Å². The number of H-pyrrole nitrogens is 1. The van der Waals surface area contributed by atoms with E-state index in [2.05, 4.69) is 10.2 Å². The van der Waals surface area contributed by atoms with Crippen LogP contribution in [0, 0.1) is 0 Å². The summed E-state index contributed by atoms with van der Waals surface area (Å²) in [5, 5.41) is 15.8. The molecule has 2 N–H and O–H groups in total. The van der Waals surface area contributed by atoms with Gasteiger partial charge in [0.2, 0.25) is 0 Å². The van der Waals surface area contributed by atoms with Gasteiger partial charge in [0, 0.05) is 19.2 Å². The molecule has 0 atom stereocenters. The fourth-order valence-electron chi connectivity index (χ4n) is 2.08. The van der Waals surface area contributed by atoms with Gasteiger partial charge >= 0.3 is 0 Å². The molecule has 0 fully saturated rings. The summed E-state index contributed by atoms with van der Waals surface area (Å²) in [6.07, 6.45) is 0. The van der Waals surface area contributed by atoms with E-state index in [4.69, 9.17) is 14.6 Å². The van der Waals surface area contributed by atoms with E-state index >= 15 is 0 Å². The molecule has 0 saturated heterocycles. The molecule has 2 rings (SSSR count). The third-order valence-corrected chi connectivity index (χ3v) is 3.32. The molecule has 1 amide bonds. The van der Waals surface area contributed by atoms with Gasteiger partial charge in [0.05, 0.1) is 19.4 Å². The van der Waals surface area contributed by atoms with Gasteiger partial charge in [0.15, 0.2) is 5.69 Å². The number of benzene rings is 1. The smallest absolute Gasteiger partial charge is 0.274 e. The Morgan fingerprint density at radius 3 is 2.83 bits per heavy atom. The average Bonchev–Trinajstić information content (AvgIpc) is 3.06. The average molecular weight is 319 g/mol. The highest BCUT2D eigenvalue weighted by molar-refractivity contribution is 5.92. The summed E-state index contributed by atoms with van der Waals surface area (Å²) in [4.78, 5) is 13.7. The Morgan fingerprint density at radius 1 is 1.35 bits per heavy atom. The van der Waals surface area contributed by atoms with Crippen molar-refractivity contribution in [1.82, 2.24) is 15.1 Å². The Morgan fingerprint density at radius 2 is 2.13 bits per heavy atom. The Kier molecular flexibility index (Phi) is 5.99. The van der Waals surface area contributed by atoms with Gasteiger partial charge in [0.1, 0.15) is 18.1 Å². The zero-order valence-electron chi connectivity index (χ0n) is 13.3. The molecule has 124 valence electrons. The molecule has 23 heavy (non-hydrogen) atoms. The third-order valence-electron chi connectivity index (χ3n) is 3.32. The van der Waals surface area contributed by atoms with Crippen LogP contribution in [0.1, 0.15) is 23.1 Å². The van der Waals surface area contributed by atoms with Gasteiger partial charge < -0.3 is 19.5 Å². The van der Waals surface area contributed by atoms with E-state index in [9.17, 15) is 4.79 Å². The van der Waals surface area contributed by atoms with Crippen molar-refractivity contribution < 1.29 is 19.4 Å². The maximum absolute atomic E-state index is 12.2.